The van der Waals surface area contributed by atoms with Gasteiger partial charge in [-0.3, -0.25) is 4.79 Å². The zero-order chi connectivity index (χ0) is 17.9. The summed E-state index contributed by atoms with van der Waals surface area (Å²) >= 11 is 0. The van der Waals surface area contributed by atoms with Crippen molar-refractivity contribution in [3.63, 3.8) is 0 Å². The Kier molecular flexibility index (Phi) is 4.61. The number of hydrogen-bond acceptors (Lipinski definition) is 4. The van der Waals surface area contributed by atoms with Gasteiger partial charge in [-0.2, -0.15) is 4.98 Å². The van der Waals surface area contributed by atoms with Gasteiger partial charge in [0.2, 0.25) is 11.7 Å². The number of nitrogens with one attached hydrogen (secondary N) is 1. The largest absolute Gasteiger partial charge is 0.490 e. The van der Waals surface area contributed by atoms with Crippen LogP contribution in [0.2, 0.25) is 0 Å². The van der Waals surface area contributed by atoms with Crippen molar-refractivity contribution in [1.82, 2.24) is 9.55 Å². The van der Waals surface area contributed by atoms with Gasteiger partial charge in [-0.25, -0.2) is 0 Å². The molecule has 1 aromatic heterocycles. The summed E-state index contributed by atoms with van der Waals surface area (Å²) in [5.41, 5.74) is 3.54. The summed E-state index contributed by atoms with van der Waals surface area (Å²) in [5.74, 6) is 0.861. The number of benzene rings is 1. The molecule has 26 heavy (non-hydrogen) atoms. The number of methoxy groups -OCH3 is 1. The summed E-state index contributed by atoms with van der Waals surface area (Å²) in [7, 11) is 1.50. The van der Waals surface area contributed by atoms with Crippen molar-refractivity contribution in [2.45, 2.75) is 38.3 Å². The molecule has 134 valence electrons. The predicted octanol–water partition coefficient (Wildman–Crippen LogP) is 3.63. The van der Waals surface area contributed by atoms with E-state index in [0.717, 1.165) is 25.7 Å². The first kappa shape index (κ1) is 16.6. The lowest BCUT2D eigenvalue weighted by atomic mass is 10.1. The maximum absolute atomic E-state index is 12.2. The second-order valence-corrected chi connectivity index (χ2v) is 6.76. The molecule has 0 bridgehead atoms. The summed E-state index contributed by atoms with van der Waals surface area (Å²) in [6.45, 7) is 0.664. The first-order valence-electron chi connectivity index (χ1n) is 9.10. The van der Waals surface area contributed by atoms with Crippen LogP contribution in [0.5, 0.6) is 5.75 Å². The second kappa shape index (κ2) is 7.20. The van der Waals surface area contributed by atoms with Crippen molar-refractivity contribution < 1.29 is 4.74 Å². The van der Waals surface area contributed by atoms with Crippen LogP contribution in [0.4, 0.5) is 5.95 Å². The average Bonchev–Trinajstić information content (AvgIpc) is 3.08. The van der Waals surface area contributed by atoms with Gasteiger partial charge in [0.15, 0.2) is 0 Å². The van der Waals surface area contributed by atoms with Gasteiger partial charge in [-0.15, -0.1) is 0 Å². The number of ether oxygens (including phenoxy) is 1. The van der Waals surface area contributed by atoms with E-state index in [1.54, 1.807) is 6.20 Å². The molecule has 0 saturated heterocycles. The molecule has 0 unspecified atom stereocenters. The molecule has 0 radical (unpaired) electrons. The third kappa shape index (κ3) is 3.29. The zero-order valence-corrected chi connectivity index (χ0v) is 14.9. The van der Waals surface area contributed by atoms with Gasteiger partial charge in [0, 0.05) is 0 Å². The highest BCUT2D eigenvalue weighted by molar-refractivity contribution is 5.42. The van der Waals surface area contributed by atoms with Crippen LogP contribution in [-0.2, 0) is 13.0 Å². The Morgan fingerprint density at radius 1 is 1.31 bits per heavy atom. The minimum Gasteiger partial charge on any atom is -0.490 e. The van der Waals surface area contributed by atoms with Crippen LogP contribution in [0.3, 0.4) is 0 Å². The van der Waals surface area contributed by atoms with E-state index in [1.807, 2.05) is 4.57 Å². The standard InChI is InChI=1S/C21H23N3O2/c1-26-19-14-24(13-15-7-3-2-4-8-15)21(23-20(19)25)22-18-12-11-16-9-5-6-10-17(16)18/h3,5-10,14,18H,2,4,11-13H2,1H3,(H,22,23,25)/t18-/m0/s1. The molecule has 2 aliphatic carbocycles. The van der Waals surface area contributed by atoms with E-state index in [9.17, 15) is 4.79 Å². The lowest BCUT2D eigenvalue weighted by Crippen LogP contribution is -2.22. The number of rotatable bonds is 5. The van der Waals surface area contributed by atoms with Crippen molar-refractivity contribution in [3.8, 4) is 5.75 Å². The fourth-order valence-corrected chi connectivity index (χ4v) is 3.69. The van der Waals surface area contributed by atoms with Crippen molar-refractivity contribution in [3.05, 3.63) is 75.7 Å². The van der Waals surface area contributed by atoms with Crippen LogP contribution < -0.4 is 15.6 Å². The van der Waals surface area contributed by atoms with Crippen molar-refractivity contribution in [2.75, 3.05) is 12.4 Å². The molecule has 2 aliphatic rings. The van der Waals surface area contributed by atoms with Crippen LogP contribution in [-0.4, -0.2) is 16.7 Å². The highest BCUT2D eigenvalue weighted by Crippen LogP contribution is 2.33. The van der Waals surface area contributed by atoms with Gasteiger partial charge >= 0.3 is 5.56 Å². The number of allylic oxidation sites excluding steroid dienone is 4. The molecule has 1 heterocycles. The summed E-state index contributed by atoms with van der Waals surface area (Å²) in [6, 6.07) is 8.63. The molecule has 0 aliphatic heterocycles. The van der Waals surface area contributed by atoms with E-state index < -0.39 is 0 Å². The highest BCUT2D eigenvalue weighted by Gasteiger charge is 2.23. The van der Waals surface area contributed by atoms with E-state index in [4.69, 9.17) is 4.74 Å². The Morgan fingerprint density at radius 2 is 2.19 bits per heavy atom. The fraction of sp³-hybridized carbons (Fsp3) is 0.333. The number of aryl methyl sites for hydroxylation is 1. The van der Waals surface area contributed by atoms with Gasteiger partial charge in [0.05, 0.1) is 25.9 Å². The number of nitrogens with zero attached hydrogens (tertiary/aromatic N) is 2. The molecule has 0 amide bonds. The van der Waals surface area contributed by atoms with Gasteiger partial charge in [0.25, 0.3) is 0 Å². The molecule has 1 aromatic carbocycles. The molecular formula is C21H23N3O2. The minimum absolute atomic E-state index is 0.175. The molecule has 4 rings (SSSR count). The van der Waals surface area contributed by atoms with E-state index in [0.29, 0.717) is 12.5 Å². The number of anilines is 1. The first-order valence-corrected chi connectivity index (χ1v) is 9.10. The van der Waals surface area contributed by atoms with Gasteiger partial charge in [-0.1, -0.05) is 42.5 Å². The maximum atomic E-state index is 12.2. The van der Waals surface area contributed by atoms with E-state index >= 15 is 0 Å². The van der Waals surface area contributed by atoms with Crippen LogP contribution in [0.25, 0.3) is 0 Å². The Labute approximate surface area is 153 Å². The lowest BCUT2D eigenvalue weighted by Gasteiger charge is -2.20. The molecule has 0 fully saturated rings. The van der Waals surface area contributed by atoms with Gasteiger partial charge in [-0.05, 0) is 42.4 Å². The second-order valence-electron chi connectivity index (χ2n) is 6.76. The normalized spacial score (nSPS) is 18.3. The molecule has 0 saturated carbocycles. The van der Waals surface area contributed by atoms with E-state index in [2.05, 4.69) is 52.8 Å². The Hall–Kier alpha value is -2.82. The molecule has 5 heteroatoms. The predicted molar refractivity (Wildman–Crippen MR) is 103 cm³/mol. The van der Waals surface area contributed by atoms with Gasteiger partial charge in [0.1, 0.15) is 0 Å². The monoisotopic (exact) mass is 349 g/mol. The van der Waals surface area contributed by atoms with E-state index in [1.165, 1.54) is 23.8 Å². The smallest absolute Gasteiger partial charge is 0.316 e. The first-order chi connectivity index (χ1) is 12.7. The Balaban J connectivity index is 1.66. The average molecular weight is 349 g/mol. The molecule has 1 atom stereocenters. The third-order valence-electron chi connectivity index (χ3n) is 5.04. The van der Waals surface area contributed by atoms with Crippen LogP contribution in [0.15, 0.2) is 59.1 Å². The SMILES string of the molecule is COc1cn(CC2=CCCC=C2)c(N[C@H]2CCc3ccccc32)nc1=O. The number of hydrogen-bond donors (Lipinski definition) is 1. The van der Waals surface area contributed by atoms with Crippen LogP contribution in [0, 0.1) is 0 Å². The molecule has 0 spiro atoms. The Bertz CT molecular complexity index is 927. The Morgan fingerprint density at radius 3 is 3.00 bits per heavy atom. The number of aromatic nitrogens is 2. The molecule has 5 nitrogen and oxygen atoms in total. The summed E-state index contributed by atoms with van der Waals surface area (Å²) < 4.78 is 7.17. The van der Waals surface area contributed by atoms with Crippen molar-refractivity contribution in [2.24, 2.45) is 0 Å². The highest BCUT2D eigenvalue weighted by atomic mass is 16.5. The minimum atomic E-state index is -0.342. The fourth-order valence-electron chi connectivity index (χ4n) is 3.69. The summed E-state index contributed by atoms with van der Waals surface area (Å²) in [5, 5.41) is 3.49. The summed E-state index contributed by atoms with van der Waals surface area (Å²) in [6.07, 6.45) is 12.5. The van der Waals surface area contributed by atoms with Crippen molar-refractivity contribution >= 4 is 5.95 Å². The van der Waals surface area contributed by atoms with Gasteiger partial charge < -0.3 is 14.6 Å². The summed E-state index contributed by atoms with van der Waals surface area (Å²) in [4.78, 5) is 16.5. The van der Waals surface area contributed by atoms with Crippen molar-refractivity contribution in [1.29, 1.82) is 0 Å². The molecule has 1 N–H and O–H groups in total. The quantitative estimate of drug-likeness (QED) is 0.896. The molecule has 2 aromatic rings. The zero-order valence-electron chi connectivity index (χ0n) is 14.9. The van der Waals surface area contributed by atoms with E-state index in [-0.39, 0.29) is 17.4 Å². The van der Waals surface area contributed by atoms with Crippen LogP contribution >= 0.6 is 0 Å². The van der Waals surface area contributed by atoms with Crippen LogP contribution in [0.1, 0.15) is 36.4 Å². The third-order valence-corrected chi connectivity index (χ3v) is 5.04. The topological polar surface area (TPSA) is 56.1 Å². The molecular weight excluding hydrogens is 326 g/mol. The lowest BCUT2D eigenvalue weighted by molar-refractivity contribution is 0.402. The number of fused-ring (bicyclic) bond motifs is 1. The maximum Gasteiger partial charge on any atom is 0.316 e.